The summed E-state index contributed by atoms with van der Waals surface area (Å²) in [5.41, 5.74) is 1.45. The molecule has 1 amide bonds. The summed E-state index contributed by atoms with van der Waals surface area (Å²) < 4.78 is 42.9. The van der Waals surface area contributed by atoms with Gasteiger partial charge in [-0.15, -0.1) is 0 Å². The van der Waals surface area contributed by atoms with Crippen LogP contribution in [0.5, 0.6) is 0 Å². The summed E-state index contributed by atoms with van der Waals surface area (Å²) in [7, 11) is -3.88. The number of nitrogens with one attached hydrogen (secondary N) is 1. The van der Waals surface area contributed by atoms with Crippen LogP contribution in [-0.2, 0) is 21.4 Å². The molecule has 0 radical (unpaired) electrons. The van der Waals surface area contributed by atoms with Gasteiger partial charge in [0.05, 0.1) is 10.6 Å². The number of amides is 1. The minimum atomic E-state index is -3.88. The second kappa shape index (κ2) is 10.6. The van der Waals surface area contributed by atoms with Gasteiger partial charge in [-0.25, -0.2) is 17.5 Å². The van der Waals surface area contributed by atoms with Gasteiger partial charge < -0.3 is 4.90 Å². The summed E-state index contributed by atoms with van der Waals surface area (Å²) in [6, 6.07) is 4.41. The molecule has 1 saturated heterocycles. The molecular weight excluding hydrogens is 455 g/mol. The standard InChI is InChI=1S/C22H28ClFN4O3S/c1-3-4-13-28-22(23)20(16(2)25-28)10-11-21(29)27-12-6-8-18(15-27)26-32(30,31)19-9-5-7-17(24)14-19/h5,7,9-11,14,18,26H,3-4,6,8,12-13,15H2,1-2H3/b11-10+. The molecular formula is C22H28ClFN4O3S. The van der Waals surface area contributed by atoms with Crippen LogP contribution in [-0.4, -0.2) is 48.1 Å². The SMILES string of the molecule is CCCCn1nc(C)c(/C=C/C(=O)N2CCCC(NS(=O)(=O)c3cccc(F)c3)C2)c1Cl. The molecule has 1 N–H and O–H groups in total. The second-order valence-electron chi connectivity index (χ2n) is 7.90. The predicted molar refractivity (Wildman–Crippen MR) is 122 cm³/mol. The average molecular weight is 483 g/mol. The summed E-state index contributed by atoms with van der Waals surface area (Å²) in [4.78, 5) is 14.2. The van der Waals surface area contributed by atoms with E-state index in [0.717, 1.165) is 31.1 Å². The monoisotopic (exact) mass is 482 g/mol. The van der Waals surface area contributed by atoms with Crippen LogP contribution in [0.4, 0.5) is 4.39 Å². The molecule has 174 valence electrons. The van der Waals surface area contributed by atoms with Crippen molar-refractivity contribution in [2.24, 2.45) is 0 Å². The Bertz CT molecular complexity index is 1100. The molecule has 0 aliphatic carbocycles. The van der Waals surface area contributed by atoms with Crippen molar-refractivity contribution in [2.45, 2.75) is 57.0 Å². The van der Waals surface area contributed by atoms with Gasteiger partial charge in [0.1, 0.15) is 11.0 Å². The van der Waals surface area contributed by atoms with Crippen LogP contribution in [0.25, 0.3) is 6.08 Å². The van der Waals surface area contributed by atoms with Crippen molar-refractivity contribution in [3.05, 3.63) is 52.6 Å². The number of carbonyl (C=O) groups is 1. The Kier molecular flexibility index (Phi) is 8.08. The van der Waals surface area contributed by atoms with Crippen molar-refractivity contribution >= 4 is 33.6 Å². The van der Waals surface area contributed by atoms with Gasteiger partial charge in [0.2, 0.25) is 15.9 Å². The van der Waals surface area contributed by atoms with Gasteiger partial charge in [0.15, 0.2) is 0 Å². The van der Waals surface area contributed by atoms with Gasteiger partial charge in [-0.1, -0.05) is 31.0 Å². The summed E-state index contributed by atoms with van der Waals surface area (Å²) in [5, 5.41) is 4.93. The first kappa shape index (κ1) is 24.4. The van der Waals surface area contributed by atoms with Gasteiger partial charge in [0, 0.05) is 37.3 Å². The van der Waals surface area contributed by atoms with E-state index in [4.69, 9.17) is 11.6 Å². The number of aromatic nitrogens is 2. The smallest absolute Gasteiger partial charge is 0.246 e. The number of sulfonamides is 1. The number of aryl methyl sites for hydroxylation is 2. The fourth-order valence-electron chi connectivity index (χ4n) is 3.67. The number of piperidine rings is 1. The Morgan fingerprint density at radius 3 is 2.91 bits per heavy atom. The zero-order chi connectivity index (χ0) is 23.3. The molecule has 1 fully saturated rings. The summed E-state index contributed by atoms with van der Waals surface area (Å²) in [6.07, 6.45) is 6.35. The number of halogens is 2. The Morgan fingerprint density at radius 1 is 1.41 bits per heavy atom. The molecule has 1 aromatic carbocycles. The van der Waals surface area contributed by atoms with E-state index >= 15 is 0 Å². The Labute approximate surface area is 193 Å². The van der Waals surface area contributed by atoms with E-state index in [2.05, 4.69) is 16.7 Å². The van der Waals surface area contributed by atoms with Crippen LogP contribution in [0, 0.1) is 12.7 Å². The third-order valence-corrected chi connectivity index (χ3v) is 7.30. The highest BCUT2D eigenvalue weighted by Gasteiger charge is 2.27. The molecule has 3 rings (SSSR count). The number of carbonyl (C=O) groups excluding carboxylic acids is 1. The number of nitrogens with zero attached hydrogens (tertiary/aromatic N) is 3. The number of hydrogen-bond acceptors (Lipinski definition) is 4. The highest BCUT2D eigenvalue weighted by atomic mass is 35.5. The Hall–Kier alpha value is -2.23. The van der Waals surface area contributed by atoms with E-state index in [9.17, 15) is 17.6 Å². The van der Waals surface area contributed by atoms with Gasteiger partial charge in [-0.3, -0.25) is 9.48 Å². The number of rotatable bonds is 8. The van der Waals surface area contributed by atoms with E-state index in [1.165, 1.54) is 24.3 Å². The van der Waals surface area contributed by atoms with E-state index in [1.54, 1.807) is 15.7 Å². The van der Waals surface area contributed by atoms with Gasteiger partial charge in [-0.05, 0) is 50.5 Å². The Balaban J connectivity index is 1.65. The third-order valence-electron chi connectivity index (χ3n) is 5.39. The molecule has 10 heteroatoms. The molecule has 2 aromatic rings. The van der Waals surface area contributed by atoms with Crippen LogP contribution >= 0.6 is 11.6 Å². The zero-order valence-electron chi connectivity index (χ0n) is 18.2. The highest BCUT2D eigenvalue weighted by molar-refractivity contribution is 7.89. The molecule has 1 unspecified atom stereocenters. The van der Waals surface area contributed by atoms with E-state index in [0.29, 0.717) is 30.1 Å². The number of likely N-dealkylation sites (tertiary alicyclic amines) is 1. The lowest BCUT2D eigenvalue weighted by molar-refractivity contribution is -0.127. The first-order valence-corrected chi connectivity index (χ1v) is 12.5. The lowest BCUT2D eigenvalue weighted by atomic mass is 10.1. The number of hydrogen-bond donors (Lipinski definition) is 1. The molecule has 2 heterocycles. The summed E-state index contributed by atoms with van der Waals surface area (Å²) >= 11 is 6.42. The van der Waals surface area contributed by atoms with E-state index in [1.807, 2.05) is 6.92 Å². The lowest BCUT2D eigenvalue weighted by Crippen LogP contribution is -2.49. The maximum Gasteiger partial charge on any atom is 0.246 e. The molecule has 32 heavy (non-hydrogen) atoms. The molecule has 1 aliphatic heterocycles. The minimum Gasteiger partial charge on any atom is -0.338 e. The van der Waals surface area contributed by atoms with Crippen molar-refractivity contribution < 1.29 is 17.6 Å². The first-order chi connectivity index (χ1) is 15.2. The highest BCUT2D eigenvalue weighted by Crippen LogP contribution is 2.22. The topological polar surface area (TPSA) is 84.3 Å². The third kappa shape index (κ3) is 5.96. The van der Waals surface area contributed by atoms with Gasteiger partial charge >= 0.3 is 0 Å². The lowest BCUT2D eigenvalue weighted by Gasteiger charge is -2.32. The fraction of sp³-hybridized carbons (Fsp3) is 0.455. The quantitative estimate of drug-likeness (QED) is 0.580. The molecule has 1 aliphatic rings. The fourth-order valence-corrected chi connectivity index (χ4v) is 5.28. The van der Waals surface area contributed by atoms with Crippen molar-refractivity contribution in [3.8, 4) is 0 Å². The van der Waals surface area contributed by atoms with Crippen LogP contribution in [0.3, 0.4) is 0 Å². The minimum absolute atomic E-state index is 0.133. The van der Waals surface area contributed by atoms with Crippen LogP contribution in [0.15, 0.2) is 35.2 Å². The van der Waals surface area contributed by atoms with Crippen molar-refractivity contribution in [3.63, 3.8) is 0 Å². The molecule has 0 bridgehead atoms. The second-order valence-corrected chi connectivity index (χ2v) is 9.97. The molecule has 1 atom stereocenters. The van der Waals surface area contributed by atoms with Crippen LogP contribution < -0.4 is 4.72 Å². The predicted octanol–water partition coefficient (Wildman–Crippen LogP) is 3.77. The van der Waals surface area contributed by atoms with Crippen LogP contribution in [0.1, 0.15) is 43.9 Å². The Morgan fingerprint density at radius 2 is 2.19 bits per heavy atom. The van der Waals surface area contributed by atoms with Crippen molar-refractivity contribution in [1.29, 1.82) is 0 Å². The largest absolute Gasteiger partial charge is 0.338 e. The van der Waals surface area contributed by atoms with E-state index in [-0.39, 0.29) is 17.3 Å². The van der Waals surface area contributed by atoms with Crippen molar-refractivity contribution in [2.75, 3.05) is 13.1 Å². The first-order valence-electron chi connectivity index (χ1n) is 10.7. The molecule has 7 nitrogen and oxygen atoms in total. The average Bonchev–Trinajstić information content (AvgIpc) is 3.03. The number of unbranched alkanes of at least 4 members (excludes halogenated alkanes) is 1. The van der Waals surface area contributed by atoms with Gasteiger partial charge in [-0.2, -0.15) is 5.10 Å². The summed E-state index contributed by atoms with van der Waals surface area (Å²) in [6.45, 7) is 5.42. The van der Waals surface area contributed by atoms with Crippen LogP contribution in [0.2, 0.25) is 5.15 Å². The molecule has 0 spiro atoms. The zero-order valence-corrected chi connectivity index (χ0v) is 19.8. The normalized spacial score (nSPS) is 17.2. The molecule has 0 saturated carbocycles. The maximum atomic E-state index is 13.4. The maximum absolute atomic E-state index is 13.4. The van der Waals surface area contributed by atoms with Gasteiger partial charge in [0.25, 0.3) is 0 Å². The number of benzene rings is 1. The van der Waals surface area contributed by atoms with E-state index < -0.39 is 21.9 Å². The molecule has 1 aromatic heterocycles. The summed E-state index contributed by atoms with van der Waals surface area (Å²) in [5.74, 6) is -0.846. The van der Waals surface area contributed by atoms with Crippen molar-refractivity contribution in [1.82, 2.24) is 19.4 Å².